The first kappa shape index (κ1) is 16.5. The number of rotatable bonds is 7. The number of aliphatic hydroxyl groups excluding tert-OH is 1. The van der Waals surface area contributed by atoms with Gasteiger partial charge in [-0.1, -0.05) is 23.7 Å². The van der Waals surface area contributed by atoms with Crippen LogP contribution in [0.3, 0.4) is 0 Å². The Morgan fingerprint density at radius 3 is 2.92 bits per heavy atom. The molecule has 8 heteroatoms. The summed E-state index contributed by atoms with van der Waals surface area (Å²) < 4.78 is 1.71. The zero-order chi connectivity index (χ0) is 16.9. The Kier molecular flexibility index (Phi) is 5.12. The van der Waals surface area contributed by atoms with Crippen LogP contribution in [0.4, 0.5) is 11.8 Å². The van der Waals surface area contributed by atoms with E-state index < -0.39 is 0 Å². The van der Waals surface area contributed by atoms with E-state index in [2.05, 4.69) is 25.7 Å². The highest BCUT2D eigenvalue weighted by Crippen LogP contribution is 2.22. The molecule has 3 rings (SSSR count). The van der Waals surface area contributed by atoms with Gasteiger partial charge < -0.3 is 15.7 Å². The predicted octanol–water partition coefficient (Wildman–Crippen LogP) is 2.42. The van der Waals surface area contributed by atoms with E-state index in [9.17, 15) is 0 Å². The summed E-state index contributed by atoms with van der Waals surface area (Å²) in [7, 11) is 1.84. The molecule has 0 radical (unpaired) electrons. The van der Waals surface area contributed by atoms with Gasteiger partial charge >= 0.3 is 0 Å². The largest absolute Gasteiger partial charge is 0.396 e. The van der Waals surface area contributed by atoms with E-state index in [1.165, 1.54) is 0 Å². The van der Waals surface area contributed by atoms with E-state index in [1.54, 1.807) is 10.9 Å². The Labute approximate surface area is 144 Å². The molecule has 0 saturated carbocycles. The number of aliphatic hydroxyl groups is 1. The number of benzene rings is 1. The third-order valence-electron chi connectivity index (χ3n) is 3.56. The van der Waals surface area contributed by atoms with Crippen molar-refractivity contribution in [3.63, 3.8) is 0 Å². The van der Waals surface area contributed by atoms with Crippen LogP contribution in [0.1, 0.15) is 12.0 Å². The number of hydrogen-bond donors (Lipinski definition) is 3. The van der Waals surface area contributed by atoms with Gasteiger partial charge in [0.25, 0.3) is 0 Å². The van der Waals surface area contributed by atoms with Crippen molar-refractivity contribution in [1.29, 1.82) is 0 Å². The van der Waals surface area contributed by atoms with Crippen molar-refractivity contribution in [1.82, 2.24) is 19.7 Å². The first-order valence-electron chi connectivity index (χ1n) is 7.70. The molecule has 0 atom stereocenters. The lowest BCUT2D eigenvalue weighted by Crippen LogP contribution is -2.10. The molecule has 2 aromatic heterocycles. The summed E-state index contributed by atoms with van der Waals surface area (Å²) in [6.07, 6.45) is 2.38. The molecule has 1 aromatic carbocycles. The number of aromatic nitrogens is 4. The minimum atomic E-state index is 0.126. The molecule has 0 fully saturated rings. The van der Waals surface area contributed by atoms with Gasteiger partial charge in [0, 0.05) is 31.8 Å². The van der Waals surface area contributed by atoms with Crippen molar-refractivity contribution in [2.45, 2.75) is 13.0 Å². The molecule has 0 unspecified atom stereocenters. The summed E-state index contributed by atoms with van der Waals surface area (Å²) in [6, 6.07) is 7.68. The Balaban J connectivity index is 1.84. The first-order valence-corrected chi connectivity index (χ1v) is 8.08. The summed E-state index contributed by atoms with van der Waals surface area (Å²) in [6.45, 7) is 1.33. The van der Waals surface area contributed by atoms with Crippen LogP contribution in [0, 0.1) is 0 Å². The van der Waals surface area contributed by atoms with Gasteiger partial charge in [0.1, 0.15) is 5.82 Å². The maximum atomic E-state index is 8.90. The van der Waals surface area contributed by atoms with Crippen LogP contribution in [0.25, 0.3) is 11.0 Å². The molecule has 7 nitrogen and oxygen atoms in total. The highest BCUT2D eigenvalue weighted by Gasteiger charge is 2.11. The lowest BCUT2D eigenvalue weighted by atomic mass is 10.2. The van der Waals surface area contributed by atoms with Crippen LogP contribution in [0.15, 0.2) is 30.5 Å². The summed E-state index contributed by atoms with van der Waals surface area (Å²) in [5, 5.41) is 21.1. The number of halogens is 1. The molecular formula is C16H19ClN6O. The summed E-state index contributed by atoms with van der Waals surface area (Å²) >= 11 is 6.02. The third-order valence-corrected chi connectivity index (χ3v) is 3.79. The van der Waals surface area contributed by atoms with Gasteiger partial charge in [-0.3, -0.25) is 4.68 Å². The van der Waals surface area contributed by atoms with Gasteiger partial charge in [-0.05, 0) is 24.1 Å². The fourth-order valence-corrected chi connectivity index (χ4v) is 2.56. The molecule has 24 heavy (non-hydrogen) atoms. The Hall–Kier alpha value is -2.38. The van der Waals surface area contributed by atoms with Gasteiger partial charge in [-0.25, -0.2) is 0 Å². The minimum absolute atomic E-state index is 0.126. The van der Waals surface area contributed by atoms with Crippen LogP contribution >= 0.6 is 11.6 Å². The maximum Gasteiger partial charge on any atom is 0.226 e. The van der Waals surface area contributed by atoms with Crippen molar-refractivity contribution in [2.75, 3.05) is 23.8 Å². The molecule has 0 aliphatic heterocycles. The SMILES string of the molecule is Cn1ncc2c(NCc3cccc(Cl)c3)nc(NCCCO)nc21. The predicted molar refractivity (Wildman–Crippen MR) is 95.3 cm³/mol. The second-order valence-corrected chi connectivity index (χ2v) is 5.83. The van der Waals surface area contributed by atoms with Crippen molar-refractivity contribution in [3.05, 3.63) is 41.0 Å². The number of anilines is 2. The topological polar surface area (TPSA) is 87.9 Å². The molecule has 126 valence electrons. The van der Waals surface area contributed by atoms with Crippen LogP contribution in [0.5, 0.6) is 0 Å². The zero-order valence-corrected chi connectivity index (χ0v) is 14.1. The number of nitrogens with one attached hydrogen (secondary N) is 2. The summed E-state index contributed by atoms with van der Waals surface area (Å²) in [5.41, 5.74) is 1.80. The summed E-state index contributed by atoms with van der Waals surface area (Å²) in [4.78, 5) is 8.99. The molecule has 0 spiro atoms. The lowest BCUT2D eigenvalue weighted by Gasteiger charge is -2.10. The Morgan fingerprint density at radius 1 is 1.25 bits per heavy atom. The fourth-order valence-electron chi connectivity index (χ4n) is 2.35. The number of nitrogens with zero attached hydrogens (tertiary/aromatic N) is 4. The van der Waals surface area contributed by atoms with Gasteiger partial charge in [0.05, 0.1) is 11.6 Å². The molecule has 0 amide bonds. The number of fused-ring (bicyclic) bond motifs is 1. The van der Waals surface area contributed by atoms with E-state index in [-0.39, 0.29) is 6.61 Å². The number of hydrogen-bond acceptors (Lipinski definition) is 6. The molecule has 0 aliphatic rings. The summed E-state index contributed by atoms with van der Waals surface area (Å²) in [5.74, 6) is 1.22. The fraction of sp³-hybridized carbons (Fsp3) is 0.312. The zero-order valence-electron chi connectivity index (χ0n) is 13.3. The van der Waals surface area contributed by atoms with Crippen molar-refractivity contribution < 1.29 is 5.11 Å². The van der Waals surface area contributed by atoms with Crippen LogP contribution in [-0.4, -0.2) is 38.0 Å². The normalized spacial score (nSPS) is 11.0. The Bertz CT molecular complexity index is 835. The molecule has 2 heterocycles. The van der Waals surface area contributed by atoms with E-state index in [1.807, 2.05) is 31.3 Å². The smallest absolute Gasteiger partial charge is 0.226 e. The van der Waals surface area contributed by atoms with Crippen LogP contribution < -0.4 is 10.6 Å². The monoisotopic (exact) mass is 346 g/mol. The molecule has 0 aliphatic carbocycles. The van der Waals surface area contributed by atoms with Gasteiger partial charge in [-0.2, -0.15) is 15.1 Å². The average Bonchev–Trinajstić information content (AvgIpc) is 2.95. The molecule has 0 saturated heterocycles. The molecule has 0 bridgehead atoms. The van der Waals surface area contributed by atoms with E-state index in [4.69, 9.17) is 16.7 Å². The van der Waals surface area contributed by atoms with Crippen LogP contribution in [0.2, 0.25) is 5.02 Å². The quantitative estimate of drug-likeness (QED) is 0.569. The van der Waals surface area contributed by atoms with Crippen molar-refractivity contribution in [2.24, 2.45) is 7.05 Å². The van der Waals surface area contributed by atoms with Crippen molar-refractivity contribution >= 4 is 34.4 Å². The van der Waals surface area contributed by atoms with E-state index in [0.29, 0.717) is 36.3 Å². The highest BCUT2D eigenvalue weighted by molar-refractivity contribution is 6.30. The first-order chi connectivity index (χ1) is 11.7. The van der Waals surface area contributed by atoms with Crippen LogP contribution in [-0.2, 0) is 13.6 Å². The average molecular weight is 347 g/mol. The maximum absolute atomic E-state index is 8.90. The van der Waals surface area contributed by atoms with Gasteiger partial charge in [0.15, 0.2) is 5.65 Å². The molecular weight excluding hydrogens is 328 g/mol. The Morgan fingerprint density at radius 2 is 2.12 bits per heavy atom. The van der Waals surface area contributed by atoms with Crippen molar-refractivity contribution in [3.8, 4) is 0 Å². The minimum Gasteiger partial charge on any atom is -0.396 e. The molecule has 3 aromatic rings. The van der Waals surface area contributed by atoms with E-state index in [0.717, 1.165) is 16.6 Å². The molecule has 3 N–H and O–H groups in total. The lowest BCUT2D eigenvalue weighted by molar-refractivity contribution is 0.292. The van der Waals surface area contributed by atoms with Gasteiger partial charge in [-0.15, -0.1) is 0 Å². The second-order valence-electron chi connectivity index (χ2n) is 5.39. The standard InChI is InChI=1S/C16H19ClN6O/c1-23-15-13(10-20-23)14(21-16(22-15)18-6-3-7-24)19-9-11-4-2-5-12(17)8-11/h2,4-5,8,10,24H,3,6-7,9H2,1H3,(H2,18,19,21,22). The second kappa shape index (κ2) is 7.46. The van der Waals surface area contributed by atoms with Gasteiger partial charge in [0.2, 0.25) is 5.95 Å². The third kappa shape index (κ3) is 3.74. The number of aryl methyl sites for hydroxylation is 1. The highest BCUT2D eigenvalue weighted by atomic mass is 35.5. The van der Waals surface area contributed by atoms with E-state index >= 15 is 0 Å².